The van der Waals surface area contributed by atoms with Gasteiger partial charge in [0, 0.05) is 11.8 Å². The van der Waals surface area contributed by atoms with Crippen LogP contribution in [0.2, 0.25) is 0 Å². The molecule has 0 spiro atoms. The van der Waals surface area contributed by atoms with Crippen LogP contribution in [-0.4, -0.2) is 16.2 Å². The van der Waals surface area contributed by atoms with Crippen LogP contribution in [0.1, 0.15) is 18.1 Å². The Morgan fingerprint density at radius 1 is 1.26 bits per heavy atom. The number of rotatable bonds is 3. The summed E-state index contributed by atoms with van der Waals surface area (Å²) < 4.78 is 4.66. The van der Waals surface area contributed by atoms with Crippen LogP contribution in [0.25, 0.3) is 11.1 Å². The van der Waals surface area contributed by atoms with Gasteiger partial charge in [-0.25, -0.2) is 9.78 Å². The molecule has 1 aromatic heterocycles. The van der Waals surface area contributed by atoms with Crippen molar-refractivity contribution in [2.24, 2.45) is 0 Å². The molecule has 2 rings (SSSR count). The highest BCUT2D eigenvalue weighted by Crippen LogP contribution is 2.28. The van der Waals surface area contributed by atoms with Gasteiger partial charge in [-0.15, -0.1) is 0 Å². The van der Waals surface area contributed by atoms with Crippen molar-refractivity contribution in [1.29, 1.82) is 0 Å². The summed E-state index contributed by atoms with van der Waals surface area (Å²) in [6.07, 6.45) is 1.19. The number of hydrogen-bond acceptors (Lipinski definition) is 3. The summed E-state index contributed by atoms with van der Waals surface area (Å²) in [6.45, 7) is 3.90. The lowest BCUT2D eigenvalue weighted by molar-refractivity contribution is 0.142. The molecule has 0 amide bonds. The summed E-state index contributed by atoms with van der Waals surface area (Å²) in [7, 11) is 0. The Kier molecular flexibility index (Phi) is 3.80. The first kappa shape index (κ1) is 13.1. The molecule has 0 radical (unpaired) electrons. The van der Waals surface area contributed by atoms with E-state index in [-0.39, 0.29) is 5.88 Å². The Bertz CT molecular complexity index is 591. The van der Waals surface area contributed by atoms with Crippen LogP contribution in [0.3, 0.4) is 0 Å². The maximum atomic E-state index is 10.6. The fourth-order valence-corrected chi connectivity index (χ4v) is 1.93. The van der Waals surface area contributed by atoms with E-state index in [1.807, 2.05) is 18.2 Å². The predicted octanol–water partition coefficient (Wildman–Crippen LogP) is 3.68. The van der Waals surface area contributed by atoms with Gasteiger partial charge in [0.25, 0.3) is 0 Å². The highest BCUT2D eigenvalue weighted by Gasteiger charge is 2.11. The summed E-state index contributed by atoms with van der Waals surface area (Å²) in [5.41, 5.74) is 3.92. The molecule has 0 unspecified atom stereocenters. The Morgan fingerprint density at radius 2 is 1.95 bits per heavy atom. The van der Waals surface area contributed by atoms with Crippen LogP contribution >= 0.6 is 0 Å². The zero-order valence-electron chi connectivity index (χ0n) is 10.9. The Balaban J connectivity index is 2.41. The number of benzene rings is 1. The van der Waals surface area contributed by atoms with Crippen molar-refractivity contribution >= 4 is 6.16 Å². The van der Waals surface area contributed by atoms with Crippen molar-refractivity contribution < 1.29 is 14.6 Å². The fourth-order valence-electron chi connectivity index (χ4n) is 1.93. The van der Waals surface area contributed by atoms with Gasteiger partial charge in [-0.2, -0.15) is 0 Å². The molecule has 0 fully saturated rings. The molecule has 1 heterocycles. The summed E-state index contributed by atoms with van der Waals surface area (Å²) >= 11 is 0. The van der Waals surface area contributed by atoms with E-state index in [0.717, 1.165) is 17.5 Å². The minimum absolute atomic E-state index is 0.129. The lowest BCUT2D eigenvalue weighted by Gasteiger charge is -2.09. The Morgan fingerprint density at radius 3 is 2.53 bits per heavy atom. The molecule has 0 aliphatic carbocycles. The molecule has 4 nitrogen and oxygen atoms in total. The molecule has 0 atom stereocenters. The average Bonchev–Trinajstić information content (AvgIpc) is 2.41. The first-order valence-electron chi connectivity index (χ1n) is 6.07. The summed E-state index contributed by atoms with van der Waals surface area (Å²) in [6, 6.07) is 10.0. The third-order valence-corrected chi connectivity index (χ3v) is 3.01. The Labute approximate surface area is 111 Å². The Hall–Kier alpha value is -2.36. The molecular weight excluding hydrogens is 242 g/mol. The zero-order valence-corrected chi connectivity index (χ0v) is 10.9. The highest BCUT2D eigenvalue weighted by molar-refractivity contribution is 5.70. The molecule has 0 bridgehead atoms. The standard InChI is InChI=1S/C15H15NO3/c1-3-11-4-6-12(7-5-11)13-8-9-16-14(10(13)2)19-15(17)18/h4-9H,3H2,1-2H3,(H,17,18). The second-order valence-corrected chi connectivity index (χ2v) is 4.21. The van der Waals surface area contributed by atoms with Gasteiger partial charge in [0.05, 0.1) is 0 Å². The smallest absolute Gasteiger partial charge is 0.449 e. The van der Waals surface area contributed by atoms with Crippen LogP contribution < -0.4 is 4.74 Å². The van der Waals surface area contributed by atoms with Crippen LogP contribution in [-0.2, 0) is 6.42 Å². The number of hydrogen-bond donors (Lipinski definition) is 1. The van der Waals surface area contributed by atoms with Crippen molar-refractivity contribution in [3.8, 4) is 17.0 Å². The van der Waals surface area contributed by atoms with Gasteiger partial charge in [0.15, 0.2) is 0 Å². The van der Waals surface area contributed by atoms with E-state index in [9.17, 15) is 4.79 Å². The zero-order chi connectivity index (χ0) is 13.8. The molecule has 2 aromatic rings. The molecule has 1 N–H and O–H groups in total. The van der Waals surface area contributed by atoms with Crippen molar-refractivity contribution in [2.75, 3.05) is 0 Å². The lowest BCUT2D eigenvalue weighted by atomic mass is 10.0. The number of carbonyl (C=O) groups is 1. The van der Waals surface area contributed by atoms with Crippen LogP contribution in [0.4, 0.5) is 4.79 Å². The second kappa shape index (κ2) is 5.52. The number of nitrogens with zero attached hydrogens (tertiary/aromatic N) is 1. The fraction of sp³-hybridized carbons (Fsp3) is 0.200. The first-order valence-corrected chi connectivity index (χ1v) is 6.07. The monoisotopic (exact) mass is 257 g/mol. The third-order valence-electron chi connectivity index (χ3n) is 3.01. The molecule has 0 aliphatic heterocycles. The SMILES string of the molecule is CCc1ccc(-c2ccnc(OC(=O)O)c2C)cc1. The maximum Gasteiger partial charge on any atom is 0.512 e. The summed E-state index contributed by atoms with van der Waals surface area (Å²) in [5.74, 6) is 0.129. The van der Waals surface area contributed by atoms with E-state index in [4.69, 9.17) is 5.11 Å². The maximum absolute atomic E-state index is 10.6. The molecule has 0 saturated heterocycles. The number of aromatic nitrogens is 1. The molecule has 0 saturated carbocycles. The quantitative estimate of drug-likeness (QED) is 0.852. The van der Waals surface area contributed by atoms with Crippen LogP contribution in [0.5, 0.6) is 5.88 Å². The minimum Gasteiger partial charge on any atom is -0.449 e. The number of pyridine rings is 1. The normalized spacial score (nSPS) is 10.2. The topological polar surface area (TPSA) is 59.4 Å². The van der Waals surface area contributed by atoms with Crippen molar-refractivity contribution in [3.05, 3.63) is 47.7 Å². The van der Waals surface area contributed by atoms with Crippen molar-refractivity contribution in [1.82, 2.24) is 4.98 Å². The third kappa shape index (κ3) is 2.91. The van der Waals surface area contributed by atoms with Gasteiger partial charge in [-0.05, 0) is 36.1 Å². The van der Waals surface area contributed by atoms with E-state index in [2.05, 4.69) is 28.8 Å². The van der Waals surface area contributed by atoms with Gasteiger partial charge in [0.2, 0.25) is 5.88 Å². The first-order chi connectivity index (χ1) is 9.11. The summed E-state index contributed by atoms with van der Waals surface area (Å²) in [5, 5.41) is 8.66. The largest absolute Gasteiger partial charge is 0.512 e. The van der Waals surface area contributed by atoms with Gasteiger partial charge in [-0.1, -0.05) is 31.2 Å². The number of aryl methyl sites for hydroxylation is 1. The predicted molar refractivity (Wildman–Crippen MR) is 72.4 cm³/mol. The highest BCUT2D eigenvalue weighted by atomic mass is 16.7. The molecule has 0 aliphatic rings. The molecule has 4 heteroatoms. The lowest BCUT2D eigenvalue weighted by Crippen LogP contribution is -2.06. The van der Waals surface area contributed by atoms with Gasteiger partial charge in [-0.3, -0.25) is 0 Å². The molecule has 1 aromatic carbocycles. The van der Waals surface area contributed by atoms with Gasteiger partial charge in [0.1, 0.15) is 0 Å². The van der Waals surface area contributed by atoms with Crippen LogP contribution in [0.15, 0.2) is 36.5 Å². The van der Waals surface area contributed by atoms with E-state index in [1.54, 1.807) is 13.1 Å². The van der Waals surface area contributed by atoms with Gasteiger partial charge >= 0.3 is 6.16 Å². The molecule has 19 heavy (non-hydrogen) atoms. The molecule has 98 valence electrons. The number of ether oxygens (including phenoxy) is 1. The van der Waals surface area contributed by atoms with E-state index in [1.165, 1.54) is 5.56 Å². The molecular formula is C15H15NO3. The summed E-state index contributed by atoms with van der Waals surface area (Å²) in [4.78, 5) is 14.5. The minimum atomic E-state index is -1.35. The average molecular weight is 257 g/mol. The van der Waals surface area contributed by atoms with Gasteiger partial charge < -0.3 is 9.84 Å². The van der Waals surface area contributed by atoms with E-state index < -0.39 is 6.16 Å². The number of carboxylic acid groups (broad SMARTS) is 1. The van der Waals surface area contributed by atoms with E-state index >= 15 is 0 Å². The van der Waals surface area contributed by atoms with E-state index in [0.29, 0.717) is 5.56 Å². The second-order valence-electron chi connectivity index (χ2n) is 4.21. The van der Waals surface area contributed by atoms with Crippen molar-refractivity contribution in [2.45, 2.75) is 20.3 Å². The van der Waals surface area contributed by atoms with Crippen LogP contribution in [0, 0.1) is 6.92 Å². The van der Waals surface area contributed by atoms with Crippen molar-refractivity contribution in [3.63, 3.8) is 0 Å².